The van der Waals surface area contributed by atoms with Crippen molar-refractivity contribution in [3.8, 4) is 11.1 Å². The first-order valence-electron chi connectivity index (χ1n) is 11.4. The Morgan fingerprint density at radius 3 is 2.35 bits per heavy atom. The van der Waals surface area contributed by atoms with E-state index in [2.05, 4.69) is 4.98 Å². The summed E-state index contributed by atoms with van der Waals surface area (Å²) in [5, 5.41) is 10.9. The minimum Gasteiger partial charge on any atom is -0.478 e. The number of benzene rings is 2. The number of carboxylic acids is 1. The van der Waals surface area contributed by atoms with Crippen LogP contribution >= 0.6 is 34.8 Å². The highest BCUT2D eigenvalue weighted by Gasteiger charge is 2.34. The molecule has 0 fully saturated rings. The van der Waals surface area contributed by atoms with Crippen LogP contribution in [0.3, 0.4) is 0 Å². The molecule has 4 aromatic rings. The lowest BCUT2D eigenvalue weighted by Crippen LogP contribution is -2.37. The Morgan fingerprint density at radius 1 is 1.11 bits per heavy atom. The molecule has 0 radical (unpaired) electrons. The predicted molar refractivity (Wildman–Crippen MR) is 151 cm³/mol. The van der Waals surface area contributed by atoms with Crippen molar-refractivity contribution in [2.24, 2.45) is 0 Å². The molecule has 6 nitrogen and oxygen atoms in total. The van der Waals surface area contributed by atoms with Gasteiger partial charge in [0, 0.05) is 45.7 Å². The maximum absolute atomic E-state index is 14.4. The topological polar surface area (TPSA) is 78.3 Å². The number of aromatic amines is 1. The van der Waals surface area contributed by atoms with Gasteiger partial charge in [0.1, 0.15) is 0 Å². The van der Waals surface area contributed by atoms with Crippen molar-refractivity contribution < 1.29 is 14.7 Å². The van der Waals surface area contributed by atoms with E-state index in [0.717, 1.165) is 17.0 Å². The summed E-state index contributed by atoms with van der Waals surface area (Å²) in [7, 11) is 3.88. The van der Waals surface area contributed by atoms with Crippen LogP contribution in [0.1, 0.15) is 41.0 Å². The van der Waals surface area contributed by atoms with Gasteiger partial charge in [0.25, 0.3) is 5.91 Å². The summed E-state index contributed by atoms with van der Waals surface area (Å²) >= 11 is 19.3. The van der Waals surface area contributed by atoms with Crippen molar-refractivity contribution in [1.29, 1.82) is 0 Å². The lowest BCUT2D eigenvalue weighted by atomic mass is 9.92. The van der Waals surface area contributed by atoms with Gasteiger partial charge < -0.3 is 10.1 Å². The number of nitrogens with zero attached hydrogens (tertiary/aromatic N) is 2. The zero-order valence-corrected chi connectivity index (χ0v) is 23.3. The second-order valence-corrected chi connectivity index (χ2v) is 10.8. The summed E-state index contributed by atoms with van der Waals surface area (Å²) < 4.78 is 1.59. The number of aromatic nitrogens is 2. The van der Waals surface area contributed by atoms with E-state index in [1.807, 2.05) is 51.9 Å². The number of nitrogens with one attached hydrogen (secondary N) is 1. The van der Waals surface area contributed by atoms with E-state index in [-0.39, 0.29) is 5.91 Å². The first-order valence-corrected chi connectivity index (χ1v) is 12.6. The van der Waals surface area contributed by atoms with Crippen molar-refractivity contribution in [3.63, 3.8) is 0 Å². The van der Waals surface area contributed by atoms with Gasteiger partial charge in [-0.3, -0.25) is 14.3 Å². The van der Waals surface area contributed by atoms with Crippen molar-refractivity contribution in [3.05, 3.63) is 86.3 Å². The molecule has 0 aliphatic carbocycles. The number of aliphatic carboxylic acids is 1. The third-order valence-corrected chi connectivity index (χ3v) is 7.59. The number of hydrogen-bond donors (Lipinski definition) is 2. The third-order valence-electron chi connectivity index (χ3n) is 6.78. The molecule has 0 bridgehead atoms. The van der Waals surface area contributed by atoms with Gasteiger partial charge in [0.2, 0.25) is 0 Å². The molecule has 0 amide bonds. The Hall–Kier alpha value is -3.03. The van der Waals surface area contributed by atoms with Crippen LogP contribution in [0, 0.1) is 6.92 Å². The monoisotopic (exact) mass is 557 g/mol. The molecule has 9 heteroatoms. The average molecular weight is 559 g/mol. The second kappa shape index (κ2) is 10.0. The molecule has 4 rings (SSSR count). The fraction of sp³-hybridized carbons (Fsp3) is 0.214. The number of hydrogen-bond acceptors (Lipinski definition) is 3. The molecule has 192 valence electrons. The van der Waals surface area contributed by atoms with Crippen LogP contribution in [0.15, 0.2) is 48.8 Å². The minimum atomic E-state index is -1.05. The molecule has 0 atom stereocenters. The Balaban J connectivity index is 2.01. The summed E-state index contributed by atoms with van der Waals surface area (Å²) in [6, 6.07) is 8.64. The van der Waals surface area contributed by atoms with Gasteiger partial charge in [0.15, 0.2) is 0 Å². The summed E-state index contributed by atoms with van der Waals surface area (Å²) in [6.45, 7) is 5.91. The van der Waals surface area contributed by atoms with Gasteiger partial charge >= 0.3 is 5.97 Å². The van der Waals surface area contributed by atoms with Gasteiger partial charge in [-0.15, -0.1) is 0 Å². The van der Waals surface area contributed by atoms with Crippen LogP contribution < -0.4 is 0 Å². The van der Waals surface area contributed by atoms with Crippen molar-refractivity contribution in [2.45, 2.75) is 26.3 Å². The normalized spacial score (nSPS) is 12.2. The highest BCUT2D eigenvalue weighted by molar-refractivity contribution is 6.42. The number of halogens is 3. The number of H-pyrrole nitrogens is 1. The second-order valence-electron chi connectivity index (χ2n) is 9.55. The Morgan fingerprint density at radius 2 is 1.76 bits per heavy atom. The fourth-order valence-electron chi connectivity index (χ4n) is 4.45. The van der Waals surface area contributed by atoms with Crippen LogP contribution in [0.2, 0.25) is 15.1 Å². The molecular weight excluding hydrogens is 533 g/mol. The van der Waals surface area contributed by atoms with Gasteiger partial charge in [-0.05, 0) is 70.3 Å². The van der Waals surface area contributed by atoms with E-state index in [4.69, 9.17) is 39.9 Å². The van der Waals surface area contributed by atoms with Gasteiger partial charge in [-0.25, -0.2) is 4.79 Å². The molecule has 0 saturated carbocycles. The van der Waals surface area contributed by atoms with E-state index >= 15 is 0 Å². The highest BCUT2D eigenvalue weighted by Crippen LogP contribution is 2.42. The third kappa shape index (κ3) is 4.82. The lowest BCUT2D eigenvalue weighted by molar-refractivity contribution is -0.131. The first-order chi connectivity index (χ1) is 17.3. The zero-order valence-electron chi connectivity index (χ0n) is 21.0. The Labute approximate surface area is 230 Å². The van der Waals surface area contributed by atoms with Crippen LogP contribution in [-0.4, -0.2) is 45.5 Å². The molecule has 2 heterocycles. The summed E-state index contributed by atoms with van der Waals surface area (Å²) in [6.07, 6.45) is 6.12. The first kappa shape index (κ1) is 27.0. The molecule has 2 aromatic heterocycles. The largest absolute Gasteiger partial charge is 0.478 e. The maximum Gasteiger partial charge on any atom is 0.328 e. The number of fused-ring (bicyclic) bond motifs is 1. The molecule has 0 aliphatic rings. The van der Waals surface area contributed by atoms with Crippen molar-refractivity contribution in [2.75, 3.05) is 14.1 Å². The average Bonchev–Trinajstić information content (AvgIpc) is 3.39. The molecule has 0 unspecified atom stereocenters. The fourth-order valence-corrected chi connectivity index (χ4v) is 5.47. The predicted octanol–water partition coefficient (Wildman–Crippen LogP) is 7.49. The number of carboxylic acid groups (broad SMARTS) is 1. The molecule has 2 aromatic carbocycles. The van der Waals surface area contributed by atoms with E-state index in [1.54, 1.807) is 35.2 Å². The van der Waals surface area contributed by atoms with E-state index < -0.39 is 11.5 Å². The molecule has 0 saturated heterocycles. The number of aryl methyl sites for hydroxylation is 1. The minimum absolute atomic E-state index is 0.277. The van der Waals surface area contributed by atoms with Crippen LogP contribution in [0.4, 0.5) is 0 Å². The van der Waals surface area contributed by atoms with E-state index in [9.17, 15) is 9.59 Å². The summed E-state index contributed by atoms with van der Waals surface area (Å²) in [5.74, 6) is -1.32. The maximum atomic E-state index is 14.4. The lowest BCUT2D eigenvalue weighted by Gasteiger charge is -2.33. The molecule has 37 heavy (non-hydrogen) atoms. The van der Waals surface area contributed by atoms with Crippen molar-refractivity contribution in [1.82, 2.24) is 14.5 Å². The molecule has 2 N–H and O–H groups in total. The number of carbonyl (C=O) groups is 2. The van der Waals surface area contributed by atoms with Crippen LogP contribution in [0.25, 0.3) is 28.1 Å². The number of carbonyl (C=O) groups excluding carboxylic acids is 1. The van der Waals surface area contributed by atoms with E-state index in [0.29, 0.717) is 48.5 Å². The van der Waals surface area contributed by atoms with Gasteiger partial charge in [-0.2, -0.15) is 0 Å². The van der Waals surface area contributed by atoms with Crippen LogP contribution in [0.5, 0.6) is 0 Å². The van der Waals surface area contributed by atoms with E-state index in [1.165, 1.54) is 6.08 Å². The summed E-state index contributed by atoms with van der Waals surface area (Å²) in [5.41, 5.74) is 3.83. The smallest absolute Gasteiger partial charge is 0.328 e. The zero-order chi connectivity index (χ0) is 27.2. The number of rotatable bonds is 6. The highest BCUT2D eigenvalue weighted by atomic mass is 35.5. The molecular formula is C28H26Cl3N3O3. The standard InChI is InChI=1S/C28H26Cl3N3O3/c1-15-14-34(21-8-6-7-16(23(15)21)9-10-22(35)36)27(37)25-18(13-32-26(25)28(2,3)33(4)5)24-19(30)11-17(29)12-20(24)31/h6-14,32H,1-5H3,(H,35,36)/b10-9+. The molecule has 0 spiro atoms. The summed E-state index contributed by atoms with van der Waals surface area (Å²) in [4.78, 5) is 30.8. The SMILES string of the molecule is Cc1cn(C(=O)c2c(-c3c(Cl)cc(Cl)cc3Cl)c[nH]c2C(C)(C)N(C)C)c2cccc(/C=C/C(=O)O)c12. The molecule has 0 aliphatic heterocycles. The Bertz CT molecular complexity index is 1560. The quantitative estimate of drug-likeness (QED) is 0.240. The van der Waals surface area contributed by atoms with Crippen molar-refractivity contribution >= 4 is 63.7 Å². The Kier molecular flexibility index (Phi) is 7.32. The van der Waals surface area contributed by atoms with Crippen LogP contribution in [-0.2, 0) is 10.3 Å². The van der Waals surface area contributed by atoms with Gasteiger partial charge in [-0.1, -0.05) is 46.9 Å². The van der Waals surface area contributed by atoms with Gasteiger partial charge in [0.05, 0.1) is 26.7 Å².